The number of benzene rings is 2. The summed E-state index contributed by atoms with van der Waals surface area (Å²) in [7, 11) is 0. The molecular weight excluding hydrogens is 335 g/mol. The van der Waals surface area contributed by atoms with Crippen LogP contribution in [-0.2, 0) is 6.54 Å². The molecule has 1 N–H and O–H groups in total. The fraction of sp³-hybridized carbons (Fsp3) is 0.188. The van der Waals surface area contributed by atoms with E-state index in [0.29, 0.717) is 28.6 Å². The number of fused-ring (bicyclic) bond motifs is 1. The number of aliphatic hydroxyl groups is 1. The van der Waals surface area contributed by atoms with Gasteiger partial charge in [-0.15, -0.1) is 0 Å². The number of rotatable bonds is 3. The number of hydrogen-bond donors (Lipinski definition) is 1. The number of nitrogens with zero attached hydrogens (tertiary/aromatic N) is 2. The summed E-state index contributed by atoms with van der Waals surface area (Å²) >= 11 is 3.42. The van der Waals surface area contributed by atoms with Crippen LogP contribution in [0.15, 0.2) is 47.1 Å². The van der Waals surface area contributed by atoms with E-state index < -0.39 is 6.10 Å². The van der Waals surface area contributed by atoms with Gasteiger partial charge in [-0.3, -0.25) is 4.68 Å². The Bertz CT molecular complexity index is 800. The van der Waals surface area contributed by atoms with Crippen molar-refractivity contribution in [2.75, 3.05) is 0 Å². The lowest BCUT2D eigenvalue weighted by atomic mass is 9.98. The molecule has 21 heavy (non-hydrogen) atoms. The molecule has 0 bridgehead atoms. The summed E-state index contributed by atoms with van der Waals surface area (Å²) in [5, 5.41) is 16.2. The van der Waals surface area contributed by atoms with Gasteiger partial charge in [-0.2, -0.15) is 5.10 Å². The molecule has 0 spiro atoms. The second-order valence-corrected chi connectivity index (χ2v) is 5.63. The highest BCUT2D eigenvalue weighted by Crippen LogP contribution is 2.33. The molecule has 0 amide bonds. The third kappa shape index (κ3) is 2.36. The molecule has 1 aromatic heterocycles. The molecule has 1 unspecified atom stereocenters. The van der Waals surface area contributed by atoms with E-state index >= 15 is 0 Å². The average Bonchev–Trinajstić information content (AvgIpc) is 2.88. The second-order valence-electron chi connectivity index (χ2n) is 4.78. The zero-order valence-corrected chi connectivity index (χ0v) is 13.0. The first-order valence-corrected chi connectivity index (χ1v) is 7.49. The van der Waals surface area contributed by atoms with Gasteiger partial charge in [0, 0.05) is 11.9 Å². The Morgan fingerprint density at radius 1 is 1.24 bits per heavy atom. The van der Waals surface area contributed by atoms with E-state index in [2.05, 4.69) is 21.0 Å². The SMILES string of the molecule is CCn1ncc(Br)c1C(O)c1ccc(F)c2ccccc12. The van der Waals surface area contributed by atoms with Crippen molar-refractivity contribution in [2.45, 2.75) is 19.6 Å². The van der Waals surface area contributed by atoms with Crippen LogP contribution in [0.4, 0.5) is 4.39 Å². The normalized spacial score (nSPS) is 12.8. The lowest BCUT2D eigenvalue weighted by Gasteiger charge is -2.16. The van der Waals surface area contributed by atoms with Crippen LogP contribution in [0.1, 0.15) is 24.3 Å². The van der Waals surface area contributed by atoms with Crippen LogP contribution in [0, 0.1) is 5.82 Å². The first kappa shape index (κ1) is 14.2. The maximum atomic E-state index is 13.9. The van der Waals surface area contributed by atoms with Gasteiger partial charge in [0.05, 0.1) is 16.4 Å². The molecule has 1 heterocycles. The van der Waals surface area contributed by atoms with Gasteiger partial charge in [-0.25, -0.2) is 4.39 Å². The number of halogens is 2. The summed E-state index contributed by atoms with van der Waals surface area (Å²) in [5.74, 6) is -0.287. The number of aryl methyl sites for hydroxylation is 1. The van der Waals surface area contributed by atoms with Crippen LogP contribution >= 0.6 is 15.9 Å². The van der Waals surface area contributed by atoms with Crippen LogP contribution < -0.4 is 0 Å². The van der Waals surface area contributed by atoms with Crippen LogP contribution in [0.25, 0.3) is 10.8 Å². The third-order valence-electron chi connectivity index (χ3n) is 3.59. The largest absolute Gasteiger partial charge is 0.382 e. The summed E-state index contributed by atoms with van der Waals surface area (Å²) in [4.78, 5) is 0. The molecule has 0 aliphatic rings. The fourth-order valence-corrected chi connectivity index (χ4v) is 3.08. The molecule has 3 nitrogen and oxygen atoms in total. The molecule has 5 heteroatoms. The van der Waals surface area contributed by atoms with Gasteiger partial charge in [0.2, 0.25) is 0 Å². The van der Waals surface area contributed by atoms with Gasteiger partial charge >= 0.3 is 0 Å². The monoisotopic (exact) mass is 348 g/mol. The molecular formula is C16H14BrFN2O. The molecule has 1 atom stereocenters. The zero-order valence-electron chi connectivity index (χ0n) is 11.4. The van der Waals surface area contributed by atoms with E-state index in [4.69, 9.17) is 0 Å². The average molecular weight is 349 g/mol. The van der Waals surface area contributed by atoms with E-state index in [1.54, 1.807) is 29.1 Å². The number of aromatic nitrogens is 2. The van der Waals surface area contributed by atoms with Crippen molar-refractivity contribution in [2.24, 2.45) is 0 Å². The molecule has 3 aromatic rings. The van der Waals surface area contributed by atoms with E-state index in [-0.39, 0.29) is 5.82 Å². The van der Waals surface area contributed by atoms with E-state index in [1.807, 2.05) is 19.1 Å². The summed E-state index contributed by atoms with van der Waals surface area (Å²) in [6.07, 6.45) is 0.792. The standard InChI is InChI=1S/C16H14BrFN2O/c1-2-20-15(13(17)9-19-20)16(21)12-7-8-14(18)11-6-4-3-5-10(11)12/h3-9,16,21H,2H2,1H3. The fourth-order valence-electron chi connectivity index (χ4n) is 2.57. The Labute approximate surface area is 130 Å². The first-order chi connectivity index (χ1) is 10.1. The maximum absolute atomic E-state index is 13.9. The van der Waals surface area contributed by atoms with Crippen LogP contribution in [-0.4, -0.2) is 14.9 Å². The van der Waals surface area contributed by atoms with Crippen molar-refractivity contribution in [1.82, 2.24) is 9.78 Å². The number of hydrogen-bond acceptors (Lipinski definition) is 2. The Hall–Kier alpha value is -1.72. The Balaban J connectivity index is 2.21. The lowest BCUT2D eigenvalue weighted by molar-refractivity contribution is 0.208. The Morgan fingerprint density at radius 2 is 1.95 bits per heavy atom. The van der Waals surface area contributed by atoms with Gasteiger partial charge in [0.25, 0.3) is 0 Å². The van der Waals surface area contributed by atoms with Crippen LogP contribution in [0.3, 0.4) is 0 Å². The molecule has 0 aliphatic carbocycles. The van der Waals surface area contributed by atoms with Crippen molar-refractivity contribution in [3.05, 3.63) is 64.1 Å². The van der Waals surface area contributed by atoms with Crippen molar-refractivity contribution >= 4 is 26.7 Å². The molecule has 2 aromatic carbocycles. The smallest absolute Gasteiger partial charge is 0.131 e. The lowest BCUT2D eigenvalue weighted by Crippen LogP contribution is -2.10. The Morgan fingerprint density at radius 3 is 2.67 bits per heavy atom. The van der Waals surface area contributed by atoms with Crippen molar-refractivity contribution in [3.63, 3.8) is 0 Å². The second kappa shape index (κ2) is 5.58. The zero-order chi connectivity index (χ0) is 15.0. The molecule has 0 aliphatic heterocycles. The maximum Gasteiger partial charge on any atom is 0.131 e. The minimum Gasteiger partial charge on any atom is -0.382 e. The highest BCUT2D eigenvalue weighted by atomic mass is 79.9. The van der Waals surface area contributed by atoms with Crippen molar-refractivity contribution in [3.8, 4) is 0 Å². The Kier molecular flexibility index (Phi) is 3.78. The van der Waals surface area contributed by atoms with E-state index in [0.717, 1.165) is 4.47 Å². The molecule has 0 fully saturated rings. The van der Waals surface area contributed by atoms with Gasteiger partial charge in [-0.1, -0.05) is 30.3 Å². The summed E-state index contributed by atoms with van der Waals surface area (Å²) < 4.78 is 16.4. The van der Waals surface area contributed by atoms with Crippen molar-refractivity contribution in [1.29, 1.82) is 0 Å². The molecule has 3 rings (SSSR count). The van der Waals surface area contributed by atoms with Gasteiger partial charge < -0.3 is 5.11 Å². The van der Waals surface area contributed by atoms with Gasteiger partial charge in [-0.05, 0) is 39.9 Å². The van der Waals surface area contributed by atoms with Crippen LogP contribution in [0.2, 0.25) is 0 Å². The van der Waals surface area contributed by atoms with Gasteiger partial charge in [0.15, 0.2) is 0 Å². The number of aliphatic hydroxyl groups excluding tert-OH is 1. The summed E-state index contributed by atoms with van der Waals surface area (Å²) in [5.41, 5.74) is 1.34. The predicted octanol–water partition coefficient (Wildman–Crippen LogP) is 4.04. The minimum absolute atomic E-state index is 0.287. The molecule has 0 saturated carbocycles. The highest BCUT2D eigenvalue weighted by molar-refractivity contribution is 9.10. The molecule has 0 saturated heterocycles. The summed E-state index contributed by atoms with van der Waals surface area (Å²) in [6, 6.07) is 10.2. The topological polar surface area (TPSA) is 38.0 Å². The first-order valence-electron chi connectivity index (χ1n) is 6.70. The summed E-state index contributed by atoms with van der Waals surface area (Å²) in [6.45, 7) is 2.61. The molecule has 0 radical (unpaired) electrons. The van der Waals surface area contributed by atoms with E-state index in [9.17, 15) is 9.50 Å². The van der Waals surface area contributed by atoms with E-state index in [1.165, 1.54) is 6.07 Å². The third-order valence-corrected chi connectivity index (χ3v) is 4.20. The molecule has 108 valence electrons. The van der Waals surface area contributed by atoms with Crippen LogP contribution in [0.5, 0.6) is 0 Å². The van der Waals surface area contributed by atoms with Crippen molar-refractivity contribution < 1.29 is 9.50 Å². The minimum atomic E-state index is -0.868. The predicted molar refractivity (Wildman–Crippen MR) is 83.6 cm³/mol. The highest BCUT2D eigenvalue weighted by Gasteiger charge is 2.21. The quantitative estimate of drug-likeness (QED) is 0.775. The van der Waals surface area contributed by atoms with Gasteiger partial charge in [0.1, 0.15) is 11.9 Å².